The summed E-state index contributed by atoms with van der Waals surface area (Å²) in [6, 6.07) is 2.61. The molecule has 0 aliphatic rings. The second-order valence-corrected chi connectivity index (χ2v) is 5.80. The lowest BCUT2D eigenvalue weighted by atomic mass is 10.3. The van der Waals surface area contributed by atoms with Crippen molar-refractivity contribution >= 4 is 38.7 Å². The molecule has 78 valence electrons. The first-order chi connectivity index (χ1) is 6.38. The van der Waals surface area contributed by atoms with Crippen LogP contribution in [0.5, 0.6) is 0 Å². The van der Waals surface area contributed by atoms with Gasteiger partial charge in [-0.2, -0.15) is 0 Å². The number of halogens is 2. The lowest BCUT2D eigenvalue weighted by Gasteiger charge is -2.05. The zero-order chi connectivity index (χ0) is 10.9. The fourth-order valence-electron chi connectivity index (χ4n) is 0.907. The van der Waals surface area contributed by atoms with Crippen molar-refractivity contribution < 1.29 is 8.42 Å². The van der Waals surface area contributed by atoms with Crippen LogP contribution in [-0.4, -0.2) is 14.2 Å². The van der Waals surface area contributed by atoms with Crippen LogP contribution >= 0.6 is 23.2 Å². The average Bonchev–Trinajstić information content (AvgIpc) is 2.13. The second kappa shape index (κ2) is 3.96. The molecule has 0 amide bonds. The van der Waals surface area contributed by atoms with Crippen LogP contribution in [-0.2, 0) is 9.84 Å². The Morgan fingerprint density at radius 3 is 2.07 bits per heavy atom. The van der Waals surface area contributed by atoms with Crippen molar-refractivity contribution in [2.24, 2.45) is 0 Å². The van der Waals surface area contributed by atoms with Crippen molar-refractivity contribution in [2.45, 2.75) is 11.8 Å². The standard InChI is InChI=1S/C8H9Cl2NO2S/c1-2-14(12,13)5-3-6(9)8(11)7(10)4-5/h3-4H,2,11H2,1H3. The Bertz CT molecular complexity index is 433. The predicted molar refractivity (Wildman–Crippen MR) is 58.6 cm³/mol. The summed E-state index contributed by atoms with van der Waals surface area (Å²) in [5.74, 6) is 0.00355. The van der Waals surface area contributed by atoms with E-state index in [1.54, 1.807) is 6.92 Å². The van der Waals surface area contributed by atoms with E-state index in [4.69, 9.17) is 28.9 Å². The van der Waals surface area contributed by atoms with Crippen molar-refractivity contribution in [3.63, 3.8) is 0 Å². The third-order valence-corrected chi connectivity index (χ3v) is 4.13. The Kier molecular flexibility index (Phi) is 3.29. The summed E-state index contributed by atoms with van der Waals surface area (Å²) in [6.07, 6.45) is 0. The Morgan fingerprint density at radius 2 is 1.71 bits per heavy atom. The Balaban J connectivity index is 3.41. The van der Waals surface area contributed by atoms with Crippen LogP contribution in [0.1, 0.15) is 6.92 Å². The third-order valence-electron chi connectivity index (χ3n) is 1.79. The van der Waals surface area contributed by atoms with Gasteiger partial charge < -0.3 is 5.73 Å². The van der Waals surface area contributed by atoms with E-state index in [2.05, 4.69) is 0 Å². The molecule has 1 aromatic rings. The summed E-state index contributed by atoms with van der Waals surface area (Å²) >= 11 is 11.4. The monoisotopic (exact) mass is 253 g/mol. The van der Waals surface area contributed by atoms with Crippen molar-refractivity contribution in [3.8, 4) is 0 Å². The maximum absolute atomic E-state index is 11.5. The fourth-order valence-corrected chi connectivity index (χ4v) is 2.45. The number of sulfone groups is 1. The molecule has 1 rings (SSSR count). The molecule has 0 saturated carbocycles. The van der Waals surface area contributed by atoms with E-state index in [1.807, 2.05) is 0 Å². The van der Waals surface area contributed by atoms with Crippen LogP contribution in [0, 0.1) is 0 Å². The van der Waals surface area contributed by atoms with Gasteiger partial charge in [0.15, 0.2) is 9.84 Å². The van der Waals surface area contributed by atoms with E-state index in [9.17, 15) is 8.42 Å². The van der Waals surface area contributed by atoms with Crippen molar-refractivity contribution in [1.82, 2.24) is 0 Å². The lowest BCUT2D eigenvalue weighted by Crippen LogP contribution is -2.04. The SMILES string of the molecule is CCS(=O)(=O)c1cc(Cl)c(N)c(Cl)c1. The summed E-state index contributed by atoms with van der Waals surface area (Å²) in [5.41, 5.74) is 5.67. The van der Waals surface area contributed by atoms with Gasteiger partial charge in [-0.1, -0.05) is 30.1 Å². The second-order valence-electron chi connectivity index (χ2n) is 2.70. The molecule has 14 heavy (non-hydrogen) atoms. The van der Waals surface area contributed by atoms with E-state index in [-0.39, 0.29) is 26.4 Å². The van der Waals surface area contributed by atoms with Gasteiger partial charge in [0.25, 0.3) is 0 Å². The molecule has 0 fully saturated rings. The maximum atomic E-state index is 11.5. The zero-order valence-corrected chi connectivity index (χ0v) is 9.75. The van der Waals surface area contributed by atoms with E-state index in [0.717, 1.165) is 0 Å². The largest absolute Gasteiger partial charge is 0.396 e. The quantitative estimate of drug-likeness (QED) is 0.824. The van der Waals surface area contributed by atoms with Crippen LogP contribution in [0.4, 0.5) is 5.69 Å². The van der Waals surface area contributed by atoms with Gasteiger partial charge in [0.1, 0.15) is 0 Å². The molecule has 1 aromatic carbocycles. The summed E-state index contributed by atoms with van der Waals surface area (Å²) in [7, 11) is -3.28. The van der Waals surface area contributed by atoms with Crippen molar-refractivity contribution in [3.05, 3.63) is 22.2 Å². The van der Waals surface area contributed by atoms with Crippen LogP contribution in [0.25, 0.3) is 0 Å². The van der Waals surface area contributed by atoms with Gasteiger partial charge in [-0.15, -0.1) is 0 Å². The highest BCUT2D eigenvalue weighted by atomic mass is 35.5. The molecule has 0 aromatic heterocycles. The minimum Gasteiger partial charge on any atom is -0.396 e. The molecule has 0 atom stereocenters. The van der Waals surface area contributed by atoms with Crippen LogP contribution in [0.15, 0.2) is 17.0 Å². The van der Waals surface area contributed by atoms with Crippen molar-refractivity contribution in [2.75, 3.05) is 11.5 Å². The normalized spacial score (nSPS) is 11.6. The minimum atomic E-state index is -3.28. The highest BCUT2D eigenvalue weighted by molar-refractivity contribution is 7.91. The average molecular weight is 254 g/mol. The molecule has 0 saturated heterocycles. The number of nitrogens with two attached hydrogens (primary N) is 1. The van der Waals surface area contributed by atoms with Gasteiger partial charge in [-0.25, -0.2) is 8.42 Å². The minimum absolute atomic E-state index is 0.00355. The van der Waals surface area contributed by atoms with Crippen LogP contribution in [0.3, 0.4) is 0 Å². The molecule has 0 radical (unpaired) electrons. The molecule has 6 heteroatoms. The molecule has 0 bridgehead atoms. The Labute approximate surface area is 92.7 Å². The van der Waals surface area contributed by atoms with Crippen LogP contribution < -0.4 is 5.73 Å². The van der Waals surface area contributed by atoms with Gasteiger partial charge in [-0.05, 0) is 12.1 Å². The number of hydrogen-bond donors (Lipinski definition) is 1. The summed E-state index contributed by atoms with van der Waals surface area (Å²) < 4.78 is 22.9. The first-order valence-corrected chi connectivity index (χ1v) is 6.26. The van der Waals surface area contributed by atoms with E-state index < -0.39 is 9.84 Å². The molecule has 0 aliphatic carbocycles. The highest BCUT2D eigenvalue weighted by Gasteiger charge is 2.15. The molecular weight excluding hydrogens is 245 g/mol. The molecular formula is C8H9Cl2NO2S. The molecule has 2 N–H and O–H groups in total. The first kappa shape index (κ1) is 11.6. The third kappa shape index (κ3) is 2.13. The molecule has 0 unspecified atom stereocenters. The number of rotatable bonds is 2. The van der Waals surface area contributed by atoms with Crippen LogP contribution in [0.2, 0.25) is 10.0 Å². The highest BCUT2D eigenvalue weighted by Crippen LogP contribution is 2.30. The van der Waals surface area contributed by atoms with Gasteiger partial charge in [0.05, 0.1) is 26.4 Å². The predicted octanol–water partition coefficient (Wildman–Crippen LogP) is 2.37. The number of benzene rings is 1. The van der Waals surface area contributed by atoms with E-state index in [1.165, 1.54) is 12.1 Å². The summed E-state index contributed by atoms with van der Waals surface area (Å²) in [6.45, 7) is 1.55. The number of nitrogen functional groups attached to an aromatic ring is 1. The van der Waals surface area contributed by atoms with Gasteiger partial charge in [0, 0.05) is 0 Å². The molecule has 0 heterocycles. The maximum Gasteiger partial charge on any atom is 0.178 e. The molecule has 3 nitrogen and oxygen atoms in total. The zero-order valence-electron chi connectivity index (χ0n) is 7.42. The Morgan fingerprint density at radius 1 is 1.29 bits per heavy atom. The number of anilines is 1. The summed E-state index contributed by atoms with van der Waals surface area (Å²) in [4.78, 5) is 0.101. The van der Waals surface area contributed by atoms with Crippen molar-refractivity contribution in [1.29, 1.82) is 0 Å². The fraction of sp³-hybridized carbons (Fsp3) is 0.250. The molecule has 0 aliphatic heterocycles. The van der Waals surface area contributed by atoms with Gasteiger partial charge >= 0.3 is 0 Å². The number of hydrogen-bond acceptors (Lipinski definition) is 3. The Hall–Kier alpha value is -0.450. The lowest BCUT2D eigenvalue weighted by molar-refractivity contribution is 0.597. The van der Waals surface area contributed by atoms with E-state index >= 15 is 0 Å². The smallest absolute Gasteiger partial charge is 0.178 e. The van der Waals surface area contributed by atoms with E-state index in [0.29, 0.717) is 0 Å². The molecule has 0 spiro atoms. The summed E-state index contributed by atoms with van der Waals surface area (Å²) in [5, 5.41) is 0.314. The van der Waals surface area contributed by atoms with Gasteiger partial charge in [0.2, 0.25) is 0 Å². The topological polar surface area (TPSA) is 60.2 Å². The first-order valence-electron chi connectivity index (χ1n) is 3.85. The van der Waals surface area contributed by atoms with Gasteiger partial charge in [-0.3, -0.25) is 0 Å².